The fraction of sp³-hybridized carbons (Fsp3) is 0.462. The predicted molar refractivity (Wildman–Crippen MR) is 78.5 cm³/mol. The molecule has 1 N–H and O–H groups in total. The maximum atomic E-state index is 12.1. The molecule has 0 unspecified atom stereocenters. The van der Waals surface area contributed by atoms with Crippen LogP contribution in [-0.2, 0) is 0 Å². The number of hydrogen-bond donors (Lipinski definition) is 1. The third kappa shape index (κ3) is 3.13. The van der Waals surface area contributed by atoms with Gasteiger partial charge in [0.15, 0.2) is 0 Å². The normalized spacial score (nSPS) is 18.0. The summed E-state index contributed by atoms with van der Waals surface area (Å²) in [5.74, 6) is 0.493. The van der Waals surface area contributed by atoms with Crippen molar-refractivity contribution in [1.29, 1.82) is 0 Å². The highest BCUT2D eigenvalue weighted by Crippen LogP contribution is 2.31. The Labute approximate surface area is 120 Å². The van der Waals surface area contributed by atoms with E-state index in [-0.39, 0.29) is 11.4 Å². The number of hydrogen-bond acceptors (Lipinski definition) is 1. The molecule has 0 heterocycles. The summed E-state index contributed by atoms with van der Waals surface area (Å²) in [6.07, 6.45) is 4.29. The van der Waals surface area contributed by atoms with Crippen molar-refractivity contribution in [3.05, 3.63) is 33.4 Å². The molecule has 0 bridgehead atoms. The summed E-state index contributed by atoms with van der Waals surface area (Å²) in [5, 5.41) is 3.10. The fourth-order valence-corrected chi connectivity index (χ4v) is 2.95. The molecule has 2 rings (SSSR count). The summed E-state index contributed by atoms with van der Waals surface area (Å²) in [6.45, 7) is 0. The molecule has 1 saturated carbocycles. The first-order valence-electron chi connectivity index (χ1n) is 5.79. The van der Waals surface area contributed by atoms with E-state index in [0.29, 0.717) is 11.4 Å². The van der Waals surface area contributed by atoms with Gasteiger partial charge in [0.05, 0.1) is 5.54 Å². The van der Waals surface area contributed by atoms with Gasteiger partial charge in [-0.1, -0.05) is 12.8 Å². The number of alkyl halides is 1. The highest BCUT2D eigenvalue weighted by atomic mass is 127. The SMILES string of the molecule is O=C(NC1(CCl)CCCC1)c1ccc(I)cc1. The third-order valence-electron chi connectivity index (χ3n) is 3.30. The van der Waals surface area contributed by atoms with Crippen molar-refractivity contribution in [3.8, 4) is 0 Å². The van der Waals surface area contributed by atoms with Gasteiger partial charge in [0, 0.05) is 15.0 Å². The van der Waals surface area contributed by atoms with Crippen LogP contribution in [-0.4, -0.2) is 17.3 Å². The van der Waals surface area contributed by atoms with E-state index < -0.39 is 0 Å². The highest BCUT2D eigenvalue weighted by molar-refractivity contribution is 14.1. The largest absolute Gasteiger partial charge is 0.345 e. The van der Waals surface area contributed by atoms with Gasteiger partial charge < -0.3 is 5.32 Å². The molecule has 1 aromatic rings. The molecule has 0 radical (unpaired) electrons. The zero-order valence-corrected chi connectivity index (χ0v) is 12.4. The van der Waals surface area contributed by atoms with Crippen molar-refractivity contribution >= 4 is 40.1 Å². The Bertz CT molecular complexity index is 398. The monoisotopic (exact) mass is 363 g/mol. The summed E-state index contributed by atoms with van der Waals surface area (Å²) in [6, 6.07) is 7.59. The molecular formula is C13H15ClINO. The van der Waals surface area contributed by atoms with Crippen LogP contribution in [0.2, 0.25) is 0 Å². The number of carbonyl (C=O) groups is 1. The average molecular weight is 364 g/mol. The molecule has 1 aromatic carbocycles. The summed E-state index contributed by atoms with van der Waals surface area (Å²) in [5.41, 5.74) is 0.531. The van der Waals surface area contributed by atoms with Gasteiger partial charge in [-0.3, -0.25) is 4.79 Å². The van der Waals surface area contributed by atoms with Crippen LogP contribution in [0.3, 0.4) is 0 Å². The standard InChI is InChI=1S/C13H15ClINO/c14-9-13(7-1-2-8-13)16-12(17)10-3-5-11(15)6-4-10/h3-6H,1-2,7-9H2,(H,16,17). The number of benzene rings is 1. The Morgan fingerprint density at radius 1 is 1.29 bits per heavy atom. The predicted octanol–water partition coefficient (Wildman–Crippen LogP) is 3.57. The van der Waals surface area contributed by atoms with E-state index >= 15 is 0 Å². The molecule has 92 valence electrons. The summed E-state index contributed by atoms with van der Waals surface area (Å²) < 4.78 is 1.13. The lowest BCUT2D eigenvalue weighted by molar-refractivity contribution is 0.0909. The van der Waals surface area contributed by atoms with E-state index in [1.807, 2.05) is 24.3 Å². The maximum absolute atomic E-state index is 12.1. The second-order valence-electron chi connectivity index (χ2n) is 4.58. The average Bonchev–Trinajstić information content (AvgIpc) is 2.79. The minimum atomic E-state index is -0.179. The smallest absolute Gasteiger partial charge is 0.251 e. The van der Waals surface area contributed by atoms with Crippen molar-refractivity contribution in [2.24, 2.45) is 0 Å². The van der Waals surface area contributed by atoms with Gasteiger partial charge in [0.1, 0.15) is 0 Å². The van der Waals surface area contributed by atoms with Crippen LogP contribution < -0.4 is 5.32 Å². The van der Waals surface area contributed by atoms with Gasteiger partial charge in [0.25, 0.3) is 5.91 Å². The number of nitrogens with one attached hydrogen (secondary N) is 1. The molecule has 0 aliphatic heterocycles. The van der Waals surface area contributed by atoms with Crippen molar-refractivity contribution < 1.29 is 4.79 Å². The van der Waals surface area contributed by atoms with Crippen LogP contribution >= 0.6 is 34.2 Å². The first-order valence-corrected chi connectivity index (χ1v) is 7.41. The van der Waals surface area contributed by atoms with E-state index in [4.69, 9.17) is 11.6 Å². The second-order valence-corrected chi connectivity index (χ2v) is 6.09. The molecule has 0 aromatic heterocycles. The minimum absolute atomic E-state index is 0.0102. The van der Waals surface area contributed by atoms with Gasteiger partial charge in [-0.15, -0.1) is 11.6 Å². The van der Waals surface area contributed by atoms with Gasteiger partial charge in [0.2, 0.25) is 0 Å². The Balaban J connectivity index is 2.08. The number of rotatable bonds is 3. The van der Waals surface area contributed by atoms with Gasteiger partial charge in [-0.05, 0) is 59.7 Å². The topological polar surface area (TPSA) is 29.1 Å². The fourth-order valence-electron chi connectivity index (χ4n) is 2.26. The molecule has 1 aliphatic carbocycles. The summed E-state index contributed by atoms with van der Waals surface area (Å²) in [4.78, 5) is 12.1. The lowest BCUT2D eigenvalue weighted by Gasteiger charge is -2.27. The summed E-state index contributed by atoms with van der Waals surface area (Å²) >= 11 is 8.23. The van der Waals surface area contributed by atoms with E-state index in [0.717, 1.165) is 29.3 Å². The molecule has 1 aliphatic rings. The molecule has 0 spiro atoms. The van der Waals surface area contributed by atoms with Gasteiger partial charge in [-0.25, -0.2) is 0 Å². The van der Waals surface area contributed by atoms with Crippen molar-refractivity contribution in [2.45, 2.75) is 31.2 Å². The van der Waals surface area contributed by atoms with E-state index in [1.165, 1.54) is 0 Å². The zero-order chi connectivity index (χ0) is 12.3. The zero-order valence-electron chi connectivity index (χ0n) is 9.51. The van der Waals surface area contributed by atoms with E-state index in [9.17, 15) is 4.79 Å². The van der Waals surface area contributed by atoms with Crippen molar-refractivity contribution in [3.63, 3.8) is 0 Å². The van der Waals surface area contributed by atoms with Crippen LogP contribution in [0.4, 0.5) is 0 Å². The van der Waals surface area contributed by atoms with Crippen LogP contribution in [0.25, 0.3) is 0 Å². The molecule has 0 atom stereocenters. The summed E-state index contributed by atoms with van der Waals surface area (Å²) in [7, 11) is 0. The Morgan fingerprint density at radius 3 is 2.41 bits per heavy atom. The number of carbonyl (C=O) groups excluding carboxylic acids is 1. The van der Waals surface area contributed by atoms with Crippen LogP contribution in [0.1, 0.15) is 36.0 Å². The lowest BCUT2D eigenvalue weighted by atomic mass is 9.99. The van der Waals surface area contributed by atoms with Crippen LogP contribution in [0, 0.1) is 3.57 Å². The first kappa shape index (κ1) is 13.1. The van der Waals surface area contributed by atoms with Gasteiger partial charge >= 0.3 is 0 Å². The van der Waals surface area contributed by atoms with E-state index in [1.54, 1.807) is 0 Å². The van der Waals surface area contributed by atoms with Crippen LogP contribution in [0.15, 0.2) is 24.3 Å². The third-order valence-corrected chi connectivity index (χ3v) is 4.53. The lowest BCUT2D eigenvalue weighted by Crippen LogP contribution is -2.47. The molecule has 4 heteroatoms. The molecular weight excluding hydrogens is 349 g/mol. The first-order chi connectivity index (χ1) is 8.15. The second kappa shape index (κ2) is 5.57. The van der Waals surface area contributed by atoms with Crippen molar-refractivity contribution in [2.75, 3.05) is 5.88 Å². The molecule has 0 saturated heterocycles. The molecule has 2 nitrogen and oxygen atoms in total. The molecule has 17 heavy (non-hydrogen) atoms. The van der Waals surface area contributed by atoms with Crippen LogP contribution in [0.5, 0.6) is 0 Å². The molecule has 1 fully saturated rings. The Kier molecular flexibility index (Phi) is 4.31. The van der Waals surface area contributed by atoms with E-state index in [2.05, 4.69) is 27.9 Å². The van der Waals surface area contributed by atoms with Crippen molar-refractivity contribution in [1.82, 2.24) is 5.32 Å². The molecule has 1 amide bonds. The quantitative estimate of drug-likeness (QED) is 0.645. The Morgan fingerprint density at radius 2 is 1.88 bits per heavy atom. The highest BCUT2D eigenvalue weighted by Gasteiger charge is 2.34. The Hall–Kier alpha value is -0.290. The van der Waals surface area contributed by atoms with Gasteiger partial charge in [-0.2, -0.15) is 0 Å². The maximum Gasteiger partial charge on any atom is 0.251 e. The number of amides is 1. The number of halogens is 2. The minimum Gasteiger partial charge on any atom is -0.345 e.